The van der Waals surface area contributed by atoms with Gasteiger partial charge < -0.3 is 27.0 Å². The second-order valence-electron chi connectivity index (χ2n) is 11.5. The highest BCUT2D eigenvalue weighted by molar-refractivity contribution is 5.85. The number of anilines is 1. The molecule has 1 saturated carbocycles. The van der Waals surface area contributed by atoms with Crippen LogP contribution in [0.1, 0.15) is 45.1 Å². The molecule has 1 aromatic heterocycles. The molecule has 11 heteroatoms. The van der Waals surface area contributed by atoms with E-state index >= 15 is 0 Å². The van der Waals surface area contributed by atoms with E-state index in [4.69, 9.17) is 16.3 Å². The first-order valence-corrected chi connectivity index (χ1v) is 13.7. The van der Waals surface area contributed by atoms with Gasteiger partial charge in [0, 0.05) is 45.0 Å². The van der Waals surface area contributed by atoms with Crippen molar-refractivity contribution in [3.05, 3.63) is 52.6 Å². The zero-order chi connectivity index (χ0) is 28.2. The highest BCUT2D eigenvalue weighted by atomic mass is 16.2. The second-order valence-corrected chi connectivity index (χ2v) is 11.5. The second kappa shape index (κ2) is 11.8. The average molecular weight is 539 g/mol. The van der Waals surface area contributed by atoms with Gasteiger partial charge in [0.2, 0.25) is 12.3 Å². The summed E-state index contributed by atoms with van der Waals surface area (Å²) in [6.45, 7) is 8.96. The Balaban J connectivity index is 0.00000112. The maximum Gasteiger partial charge on any atom is 0.354 e. The summed E-state index contributed by atoms with van der Waals surface area (Å²) in [6, 6.07) is 10.5. The molecule has 1 aliphatic carbocycles. The topological polar surface area (TPSA) is 157 Å². The van der Waals surface area contributed by atoms with Crippen LogP contribution in [-0.2, 0) is 16.1 Å². The normalized spacial score (nSPS) is 21.1. The maximum atomic E-state index is 12.8. The molecule has 3 fully saturated rings. The van der Waals surface area contributed by atoms with Gasteiger partial charge in [-0.1, -0.05) is 12.1 Å². The number of aromatic nitrogens is 2. The van der Waals surface area contributed by atoms with E-state index in [1.54, 1.807) is 29.5 Å². The van der Waals surface area contributed by atoms with Gasteiger partial charge in [-0.15, -0.1) is 0 Å². The molecule has 2 amide bonds. The molecule has 11 nitrogen and oxygen atoms in total. The molecule has 212 valence electrons. The monoisotopic (exact) mass is 538 g/mol. The fourth-order valence-electron chi connectivity index (χ4n) is 5.83. The molecule has 5 rings (SSSR count). The minimum absolute atomic E-state index is 0.0549. The third kappa shape index (κ3) is 6.48. The van der Waals surface area contributed by atoms with E-state index in [0.717, 1.165) is 25.3 Å². The lowest BCUT2D eigenvalue weighted by molar-refractivity contribution is -0.136. The zero-order valence-corrected chi connectivity index (χ0v) is 23.1. The Kier molecular flexibility index (Phi) is 8.73. The summed E-state index contributed by atoms with van der Waals surface area (Å²) in [4.78, 5) is 44.5. The van der Waals surface area contributed by atoms with Crippen LogP contribution >= 0.6 is 0 Å². The van der Waals surface area contributed by atoms with Gasteiger partial charge in [0.05, 0.1) is 11.2 Å². The number of likely N-dealkylation sites (tertiary alicyclic amines) is 1. The molecule has 3 heterocycles. The molecule has 0 bridgehead atoms. The number of piperidine rings is 1. The van der Waals surface area contributed by atoms with Crippen LogP contribution in [0, 0.1) is 5.41 Å². The van der Waals surface area contributed by atoms with E-state index in [1.807, 2.05) is 23.1 Å². The van der Waals surface area contributed by atoms with Gasteiger partial charge in [0.1, 0.15) is 5.82 Å². The summed E-state index contributed by atoms with van der Waals surface area (Å²) in [7, 11) is 0. The third-order valence-electron chi connectivity index (χ3n) is 8.44. The summed E-state index contributed by atoms with van der Waals surface area (Å²) in [5.74, 6) is 0.585. The van der Waals surface area contributed by atoms with E-state index in [-0.39, 0.29) is 18.0 Å². The minimum Gasteiger partial charge on any atom is -0.372 e. The highest BCUT2D eigenvalue weighted by Crippen LogP contribution is 2.48. The standard InChI is InChI=1S/C27H39N7O2.CH3NO/c1-26(2,29)24(35)33-17-15-32(16-18-33)23-8-12-34(25(36)30-23)21-5-3-20(4-6-21)19-31-13-10-27(11-14-31)9-7-22(27)28;2-1-3/h3-6,8,12,22H,7,9-11,13-19,28-29H2,1-2H3;1H,(H2,2,3). The molecular weight excluding hydrogens is 496 g/mol. The Morgan fingerprint density at radius 1 is 1.05 bits per heavy atom. The van der Waals surface area contributed by atoms with Crippen molar-refractivity contribution < 1.29 is 9.59 Å². The highest BCUT2D eigenvalue weighted by Gasteiger charge is 2.46. The maximum absolute atomic E-state index is 12.8. The van der Waals surface area contributed by atoms with Gasteiger partial charge in [-0.25, -0.2) is 4.79 Å². The van der Waals surface area contributed by atoms with E-state index < -0.39 is 5.54 Å². The van der Waals surface area contributed by atoms with Crippen molar-refractivity contribution in [3.63, 3.8) is 0 Å². The van der Waals surface area contributed by atoms with Crippen LogP contribution in [0.2, 0.25) is 0 Å². The quantitative estimate of drug-likeness (QED) is 0.463. The Labute approximate surface area is 229 Å². The first-order chi connectivity index (χ1) is 18.6. The van der Waals surface area contributed by atoms with Crippen molar-refractivity contribution in [2.75, 3.05) is 44.2 Å². The van der Waals surface area contributed by atoms with Crippen LogP contribution < -0.4 is 27.8 Å². The summed E-state index contributed by atoms with van der Waals surface area (Å²) >= 11 is 0. The molecule has 3 aliphatic rings. The summed E-state index contributed by atoms with van der Waals surface area (Å²) in [6.07, 6.45) is 6.92. The number of rotatable bonds is 5. The fraction of sp³-hybridized carbons (Fsp3) is 0.571. The van der Waals surface area contributed by atoms with Gasteiger partial charge in [-0.05, 0) is 81.8 Å². The van der Waals surface area contributed by atoms with Crippen molar-refractivity contribution in [2.45, 2.75) is 57.7 Å². The van der Waals surface area contributed by atoms with E-state index in [2.05, 4.69) is 27.8 Å². The molecule has 2 saturated heterocycles. The van der Waals surface area contributed by atoms with Crippen LogP contribution in [-0.4, -0.2) is 82.5 Å². The van der Waals surface area contributed by atoms with Gasteiger partial charge in [-0.3, -0.25) is 19.1 Å². The molecule has 1 aromatic carbocycles. The summed E-state index contributed by atoms with van der Waals surface area (Å²) in [5.41, 5.74) is 17.7. The SMILES string of the molecule is CC(C)(N)C(=O)N1CCN(c2ccn(-c3ccc(CN4CCC5(CCC5N)CC4)cc3)c(=O)n2)CC1.NC=O. The van der Waals surface area contributed by atoms with Gasteiger partial charge in [-0.2, -0.15) is 4.98 Å². The number of hydrogen-bond donors (Lipinski definition) is 3. The molecular formula is C28H42N8O3. The number of carbonyl (C=O) groups is 2. The predicted octanol–water partition coefficient (Wildman–Crippen LogP) is 0.423. The van der Waals surface area contributed by atoms with Crippen LogP contribution in [0.25, 0.3) is 5.69 Å². The smallest absolute Gasteiger partial charge is 0.354 e. The molecule has 39 heavy (non-hydrogen) atoms. The van der Waals surface area contributed by atoms with E-state index in [1.165, 1.54) is 31.2 Å². The molecule has 2 aromatic rings. The number of nitrogens with zero attached hydrogens (tertiary/aromatic N) is 5. The molecule has 0 radical (unpaired) electrons. The Hall–Kier alpha value is -3.28. The van der Waals surface area contributed by atoms with E-state index in [0.29, 0.717) is 43.5 Å². The van der Waals surface area contributed by atoms with Crippen molar-refractivity contribution in [2.24, 2.45) is 22.6 Å². The van der Waals surface area contributed by atoms with Crippen molar-refractivity contribution in [3.8, 4) is 5.69 Å². The van der Waals surface area contributed by atoms with Crippen molar-refractivity contribution in [1.82, 2.24) is 19.4 Å². The summed E-state index contributed by atoms with van der Waals surface area (Å²) in [5, 5.41) is 0. The van der Waals surface area contributed by atoms with Crippen LogP contribution in [0.5, 0.6) is 0 Å². The predicted molar refractivity (Wildman–Crippen MR) is 151 cm³/mol. The van der Waals surface area contributed by atoms with Gasteiger partial charge in [0.15, 0.2) is 0 Å². The van der Waals surface area contributed by atoms with Crippen LogP contribution in [0.4, 0.5) is 5.82 Å². The molecule has 1 spiro atoms. The van der Waals surface area contributed by atoms with Crippen LogP contribution in [0.15, 0.2) is 41.3 Å². The zero-order valence-electron chi connectivity index (χ0n) is 23.1. The number of hydrogen-bond acceptors (Lipinski definition) is 8. The van der Waals surface area contributed by atoms with E-state index in [9.17, 15) is 9.59 Å². The number of piperazine rings is 1. The first kappa shape index (κ1) is 28.7. The Morgan fingerprint density at radius 2 is 1.67 bits per heavy atom. The third-order valence-corrected chi connectivity index (χ3v) is 8.44. The number of benzene rings is 1. The Morgan fingerprint density at radius 3 is 2.15 bits per heavy atom. The van der Waals surface area contributed by atoms with Gasteiger partial charge >= 0.3 is 5.69 Å². The lowest BCUT2D eigenvalue weighted by atomic mass is 9.60. The molecule has 1 unspecified atom stereocenters. The minimum atomic E-state index is -0.878. The first-order valence-electron chi connectivity index (χ1n) is 13.7. The average Bonchev–Trinajstić information content (AvgIpc) is 2.93. The fourth-order valence-corrected chi connectivity index (χ4v) is 5.83. The number of carbonyl (C=O) groups excluding carboxylic acids is 2. The lowest BCUT2D eigenvalue weighted by Gasteiger charge is -2.52. The number of amides is 2. The Bertz CT molecular complexity index is 1190. The molecule has 6 N–H and O–H groups in total. The lowest BCUT2D eigenvalue weighted by Crippen LogP contribution is -2.57. The summed E-state index contributed by atoms with van der Waals surface area (Å²) < 4.78 is 1.58. The van der Waals surface area contributed by atoms with Crippen molar-refractivity contribution >= 4 is 18.1 Å². The van der Waals surface area contributed by atoms with Crippen molar-refractivity contribution in [1.29, 1.82) is 0 Å². The molecule has 2 aliphatic heterocycles. The number of primary amides is 1. The molecule has 1 atom stereocenters. The van der Waals surface area contributed by atoms with Gasteiger partial charge in [0.25, 0.3) is 0 Å². The van der Waals surface area contributed by atoms with Crippen LogP contribution in [0.3, 0.4) is 0 Å². The number of nitrogens with two attached hydrogens (primary N) is 3. The largest absolute Gasteiger partial charge is 0.372 e.